The first-order chi connectivity index (χ1) is 12.4. The third-order valence-corrected chi connectivity index (χ3v) is 4.14. The number of aryl methyl sites for hydroxylation is 1. The van der Waals surface area contributed by atoms with E-state index in [0.29, 0.717) is 17.9 Å². The Morgan fingerprint density at radius 2 is 1.73 bits per heavy atom. The quantitative estimate of drug-likeness (QED) is 0.795. The highest BCUT2D eigenvalue weighted by atomic mass is 19.1. The van der Waals surface area contributed by atoms with Crippen LogP contribution in [0.4, 0.5) is 15.8 Å². The van der Waals surface area contributed by atoms with Crippen LogP contribution in [0, 0.1) is 12.7 Å². The molecule has 2 aromatic rings. The van der Waals surface area contributed by atoms with Crippen LogP contribution in [0.5, 0.6) is 0 Å². The summed E-state index contributed by atoms with van der Waals surface area (Å²) >= 11 is 0. The lowest BCUT2D eigenvalue weighted by molar-refractivity contribution is -0.117. The third-order valence-electron chi connectivity index (χ3n) is 4.14. The molecule has 0 fully saturated rings. The monoisotopic (exact) mass is 357 g/mol. The van der Waals surface area contributed by atoms with E-state index >= 15 is 0 Å². The molecule has 0 aliphatic heterocycles. The van der Waals surface area contributed by atoms with Gasteiger partial charge in [0.25, 0.3) is 5.91 Å². The van der Waals surface area contributed by atoms with Gasteiger partial charge in [-0.2, -0.15) is 0 Å². The lowest BCUT2D eigenvalue weighted by Gasteiger charge is -2.18. The highest BCUT2D eigenvalue weighted by molar-refractivity contribution is 6.04. The maximum atomic E-state index is 13.7. The van der Waals surface area contributed by atoms with E-state index in [1.54, 1.807) is 24.3 Å². The number of hydrogen-bond donors (Lipinski definition) is 2. The third kappa shape index (κ3) is 5.13. The molecular weight excluding hydrogens is 333 g/mol. The zero-order valence-corrected chi connectivity index (χ0v) is 15.3. The van der Waals surface area contributed by atoms with E-state index < -0.39 is 11.7 Å². The van der Waals surface area contributed by atoms with Crippen LogP contribution in [0.1, 0.15) is 29.8 Å². The van der Waals surface area contributed by atoms with Crippen molar-refractivity contribution in [2.45, 2.75) is 20.8 Å². The Kier molecular flexibility index (Phi) is 6.86. The highest BCUT2D eigenvalue weighted by Gasteiger charge is 2.12. The molecule has 0 aromatic heterocycles. The van der Waals surface area contributed by atoms with E-state index in [1.165, 1.54) is 18.2 Å². The topological polar surface area (TPSA) is 61.4 Å². The molecule has 2 N–H and O–H groups in total. The Morgan fingerprint density at radius 1 is 1.04 bits per heavy atom. The molecule has 0 radical (unpaired) electrons. The van der Waals surface area contributed by atoms with Crippen molar-refractivity contribution >= 4 is 23.2 Å². The maximum absolute atomic E-state index is 13.7. The summed E-state index contributed by atoms with van der Waals surface area (Å²) in [6.45, 7) is 7.81. The van der Waals surface area contributed by atoms with E-state index in [2.05, 4.69) is 10.6 Å². The molecule has 138 valence electrons. The molecule has 0 atom stereocenters. The van der Waals surface area contributed by atoms with Crippen molar-refractivity contribution in [2.75, 3.05) is 30.3 Å². The zero-order chi connectivity index (χ0) is 19.1. The summed E-state index contributed by atoms with van der Waals surface area (Å²) in [5.41, 5.74) is 2.02. The van der Waals surface area contributed by atoms with Gasteiger partial charge in [0.15, 0.2) is 0 Å². The van der Waals surface area contributed by atoms with Crippen LogP contribution in [0.25, 0.3) is 0 Å². The minimum Gasteiger partial charge on any atom is -0.325 e. The summed E-state index contributed by atoms with van der Waals surface area (Å²) in [6, 6.07) is 11.0. The Balaban J connectivity index is 2.04. The van der Waals surface area contributed by atoms with Gasteiger partial charge in [-0.15, -0.1) is 0 Å². The highest BCUT2D eigenvalue weighted by Crippen LogP contribution is 2.20. The Labute approximate surface area is 153 Å². The molecule has 26 heavy (non-hydrogen) atoms. The average Bonchev–Trinajstić information content (AvgIpc) is 2.62. The molecule has 0 bridgehead atoms. The van der Waals surface area contributed by atoms with Crippen LogP contribution < -0.4 is 10.6 Å². The normalized spacial score (nSPS) is 10.7. The van der Waals surface area contributed by atoms with Crippen molar-refractivity contribution in [1.29, 1.82) is 0 Å². The van der Waals surface area contributed by atoms with Gasteiger partial charge in [-0.3, -0.25) is 14.5 Å². The van der Waals surface area contributed by atoms with Crippen molar-refractivity contribution in [3.05, 3.63) is 59.4 Å². The summed E-state index contributed by atoms with van der Waals surface area (Å²) in [4.78, 5) is 26.3. The van der Waals surface area contributed by atoms with Crippen LogP contribution in [-0.4, -0.2) is 36.3 Å². The van der Waals surface area contributed by atoms with Gasteiger partial charge in [0.2, 0.25) is 5.91 Å². The zero-order valence-electron chi connectivity index (χ0n) is 15.3. The largest absolute Gasteiger partial charge is 0.325 e. The van der Waals surface area contributed by atoms with E-state index in [1.807, 2.05) is 25.7 Å². The fraction of sp³-hybridized carbons (Fsp3) is 0.300. The number of anilines is 2. The first-order valence-electron chi connectivity index (χ1n) is 8.63. The van der Waals surface area contributed by atoms with Gasteiger partial charge in [0.1, 0.15) is 5.82 Å². The minimum atomic E-state index is -0.568. The van der Waals surface area contributed by atoms with Gasteiger partial charge in [0.05, 0.1) is 12.1 Å². The molecule has 6 heteroatoms. The molecule has 2 aromatic carbocycles. The second-order valence-electron chi connectivity index (χ2n) is 5.97. The standard InChI is InChI=1S/C20H24FN3O2/c1-4-24(5-2)13-19(25)23-18-11-10-15(12-14(18)3)22-20(26)16-8-6-7-9-17(16)21/h6-12H,4-5,13H2,1-3H3,(H,22,26)(H,23,25). The van der Waals surface area contributed by atoms with Crippen LogP contribution in [0.2, 0.25) is 0 Å². The number of carbonyl (C=O) groups is 2. The van der Waals surface area contributed by atoms with Crippen molar-refractivity contribution < 1.29 is 14.0 Å². The molecule has 0 spiro atoms. The number of nitrogens with one attached hydrogen (secondary N) is 2. The van der Waals surface area contributed by atoms with Crippen molar-refractivity contribution in [2.24, 2.45) is 0 Å². The Hall–Kier alpha value is -2.73. The second-order valence-corrected chi connectivity index (χ2v) is 5.97. The summed E-state index contributed by atoms with van der Waals surface area (Å²) < 4.78 is 13.7. The first-order valence-corrected chi connectivity index (χ1v) is 8.63. The van der Waals surface area contributed by atoms with Crippen LogP contribution in [0.3, 0.4) is 0 Å². The summed E-state index contributed by atoms with van der Waals surface area (Å²) in [5.74, 6) is -1.16. The van der Waals surface area contributed by atoms with Crippen molar-refractivity contribution in [1.82, 2.24) is 4.90 Å². The van der Waals surface area contributed by atoms with Gasteiger partial charge in [-0.25, -0.2) is 4.39 Å². The van der Waals surface area contributed by atoms with E-state index in [-0.39, 0.29) is 11.5 Å². The molecule has 0 aliphatic rings. The van der Waals surface area contributed by atoms with Gasteiger partial charge in [-0.1, -0.05) is 26.0 Å². The van der Waals surface area contributed by atoms with Gasteiger partial charge in [0, 0.05) is 11.4 Å². The lowest BCUT2D eigenvalue weighted by Crippen LogP contribution is -2.33. The van der Waals surface area contributed by atoms with Crippen molar-refractivity contribution in [3.8, 4) is 0 Å². The predicted octanol–water partition coefficient (Wildman–Crippen LogP) is 3.67. The van der Waals surface area contributed by atoms with E-state index in [4.69, 9.17) is 0 Å². The summed E-state index contributed by atoms with van der Waals surface area (Å²) in [7, 11) is 0. The smallest absolute Gasteiger partial charge is 0.258 e. The average molecular weight is 357 g/mol. The minimum absolute atomic E-state index is 0.0123. The molecule has 2 rings (SSSR count). The first kappa shape index (κ1) is 19.6. The fourth-order valence-corrected chi connectivity index (χ4v) is 2.57. The number of benzene rings is 2. The fourth-order valence-electron chi connectivity index (χ4n) is 2.57. The number of halogens is 1. The molecular formula is C20H24FN3O2. The van der Waals surface area contributed by atoms with E-state index in [9.17, 15) is 14.0 Å². The van der Waals surface area contributed by atoms with Gasteiger partial charge >= 0.3 is 0 Å². The van der Waals surface area contributed by atoms with Crippen LogP contribution >= 0.6 is 0 Å². The number of hydrogen-bond acceptors (Lipinski definition) is 3. The molecule has 2 amide bonds. The molecule has 0 saturated carbocycles. The second kappa shape index (κ2) is 9.10. The number of carbonyl (C=O) groups excluding carboxylic acids is 2. The molecule has 0 unspecified atom stereocenters. The Morgan fingerprint density at radius 3 is 2.35 bits per heavy atom. The number of likely N-dealkylation sites (N-methyl/N-ethyl adjacent to an activating group) is 1. The van der Waals surface area contributed by atoms with Crippen LogP contribution in [0.15, 0.2) is 42.5 Å². The maximum Gasteiger partial charge on any atom is 0.258 e. The summed E-state index contributed by atoms with van der Waals surface area (Å²) in [5, 5.41) is 5.55. The lowest BCUT2D eigenvalue weighted by atomic mass is 10.1. The number of rotatable bonds is 7. The number of nitrogens with zero attached hydrogens (tertiary/aromatic N) is 1. The summed E-state index contributed by atoms with van der Waals surface area (Å²) in [6.07, 6.45) is 0. The molecule has 0 heterocycles. The predicted molar refractivity (Wildman–Crippen MR) is 102 cm³/mol. The molecule has 0 aliphatic carbocycles. The SMILES string of the molecule is CCN(CC)CC(=O)Nc1ccc(NC(=O)c2ccccc2F)cc1C. The number of amides is 2. The van der Waals surface area contributed by atoms with Crippen molar-refractivity contribution in [3.63, 3.8) is 0 Å². The Bertz CT molecular complexity index is 788. The van der Waals surface area contributed by atoms with E-state index in [0.717, 1.165) is 18.7 Å². The van der Waals surface area contributed by atoms with Gasteiger partial charge < -0.3 is 10.6 Å². The van der Waals surface area contributed by atoms with Gasteiger partial charge in [-0.05, 0) is 55.9 Å². The molecule has 5 nitrogen and oxygen atoms in total. The molecule has 0 saturated heterocycles. The van der Waals surface area contributed by atoms with Crippen LogP contribution in [-0.2, 0) is 4.79 Å².